The maximum Gasteiger partial charge on any atom is 0.164 e. The minimum Gasteiger partial charge on any atom is -0.324 e. The Kier molecular flexibility index (Phi) is 3.90. The van der Waals surface area contributed by atoms with Crippen LogP contribution in [0.3, 0.4) is 0 Å². The molecule has 0 atom stereocenters. The monoisotopic (exact) mass is 266 g/mol. The molecule has 6 heteroatoms. The van der Waals surface area contributed by atoms with Crippen LogP contribution in [0.1, 0.15) is 19.7 Å². The van der Waals surface area contributed by atoms with Crippen molar-refractivity contribution in [2.24, 2.45) is 11.7 Å². The van der Waals surface area contributed by atoms with Crippen molar-refractivity contribution in [3.63, 3.8) is 0 Å². The Hall–Kier alpha value is -1.82. The van der Waals surface area contributed by atoms with E-state index < -0.39 is 11.6 Å². The summed E-state index contributed by atoms with van der Waals surface area (Å²) in [4.78, 5) is 0. The van der Waals surface area contributed by atoms with Crippen LogP contribution in [0.15, 0.2) is 18.2 Å². The summed E-state index contributed by atoms with van der Waals surface area (Å²) in [6.45, 7) is 5.03. The molecular formula is C13H16F2N4. The molecule has 0 saturated heterocycles. The quantitative estimate of drug-likeness (QED) is 0.924. The molecule has 1 heterocycles. The lowest BCUT2D eigenvalue weighted by molar-refractivity contribution is 0.505. The Labute approximate surface area is 110 Å². The molecule has 0 aliphatic carbocycles. The number of nitrogens with zero attached hydrogens (tertiary/aromatic N) is 3. The maximum atomic E-state index is 13.3. The van der Waals surface area contributed by atoms with E-state index in [2.05, 4.69) is 24.0 Å². The number of rotatable bonds is 4. The van der Waals surface area contributed by atoms with Gasteiger partial charge in [-0.15, -0.1) is 10.2 Å². The van der Waals surface area contributed by atoms with E-state index in [4.69, 9.17) is 5.73 Å². The Morgan fingerprint density at radius 3 is 2.53 bits per heavy atom. The summed E-state index contributed by atoms with van der Waals surface area (Å²) in [7, 11) is 0. The Morgan fingerprint density at radius 1 is 1.21 bits per heavy atom. The van der Waals surface area contributed by atoms with Gasteiger partial charge in [-0.05, 0) is 24.1 Å². The van der Waals surface area contributed by atoms with Crippen molar-refractivity contribution in [1.29, 1.82) is 0 Å². The fourth-order valence-corrected chi connectivity index (χ4v) is 1.89. The van der Waals surface area contributed by atoms with Crippen LogP contribution in [0.25, 0.3) is 11.4 Å². The molecule has 4 nitrogen and oxygen atoms in total. The lowest BCUT2D eigenvalue weighted by Gasteiger charge is -2.12. The van der Waals surface area contributed by atoms with Crippen LogP contribution in [0.5, 0.6) is 0 Å². The largest absolute Gasteiger partial charge is 0.324 e. The standard InChI is InChI=1S/C13H16F2N4/c1-8(2)7-19-12(6-16)17-18-13(19)9-3-4-10(14)11(15)5-9/h3-5,8H,6-7,16H2,1-2H3. The molecule has 0 unspecified atom stereocenters. The second-order valence-corrected chi connectivity index (χ2v) is 4.78. The molecule has 0 aliphatic rings. The zero-order valence-corrected chi connectivity index (χ0v) is 10.9. The third-order valence-corrected chi connectivity index (χ3v) is 2.74. The van der Waals surface area contributed by atoms with Crippen molar-refractivity contribution in [1.82, 2.24) is 14.8 Å². The molecule has 2 aromatic rings. The summed E-state index contributed by atoms with van der Waals surface area (Å²) in [5.41, 5.74) is 6.11. The van der Waals surface area contributed by atoms with Crippen molar-refractivity contribution in [3.8, 4) is 11.4 Å². The van der Waals surface area contributed by atoms with E-state index in [0.717, 1.165) is 12.1 Å². The number of hydrogen-bond acceptors (Lipinski definition) is 3. The van der Waals surface area contributed by atoms with Crippen LogP contribution in [-0.2, 0) is 13.1 Å². The number of halogens is 2. The number of hydrogen-bond donors (Lipinski definition) is 1. The molecule has 2 rings (SSSR count). The molecule has 0 spiro atoms. The predicted octanol–water partition coefficient (Wildman–Crippen LogP) is 2.34. The first-order valence-corrected chi connectivity index (χ1v) is 6.10. The molecule has 2 N–H and O–H groups in total. The third kappa shape index (κ3) is 2.78. The van der Waals surface area contributed by atoms with Crippen LogP contribution >= 0.6 is 0 Å². The van der Waals surface area contributed by atoms with Crippen LogP contribution in [0.4, 0.5) is 8.78 Å². The first-order valence-electron chi connectivity index (χ1n) is 6.10. The topological polar surface area (TPSA) is 56.7 Å². The highest BCUT2D eigenvalue weighted by molar-refractivity contribution is 5.55. The van der Waals surface area contributed by atoms with Gasteiger partial charge in [-0.1, -0.05) is 13.8 Å². The molecule has 0 fully saturated rings. The van der Waals surface area contributed by atoms with Gasteiger partial charge in [-0.2, -0.15) is 0 Å². The molecular weight excluding hydrogens is 250 g/mol. The van der Waals surface area contributed by atoms with Gasteiger partial charge in [0.1, 0.15) is 5.82 Å². The minimum atomic E-state index is -0.897. The second kappa shape index (κ2) is 5.44. The highest BCUT2D eigenvalue weighted by Gasteiger charge is 2.15. The highest BCUT2D eigenvalue weighted by Crippen LogP contribution is 2.21. The second-order valence-electron chi connectivity index (χ2n) is 4.78. The zero-order valence-electron chi connectivity index (χ0n) is 10.9. The summed E-state index contributed by atoms with van der Waals surface area (Å²) < 4.78 is 28.1. The van der Waals surface area contributed by atoms with E-state index in [-0.39, 0.29) is 6.54 Å². The van der Waals surface area contributed by atoms with Crippen LogP contribution in [0, 0.1) is 17.6 Å². The van der Waals surface area contributed by atoms with E-state index in [1.165, 1.54) is 6.07 Å². The molecule has 19 heavy (non-hydrogen) atoms. The molecule has 1 aromatic carbocycles. The average Bonchev–Trinajstić information content (AvgIpc) is 2.75. The van der Waals surface area contributed by atoms with Crippen LogP contribution in [-0.4, -0.2) is 14.8 Å². The fraction of sp³-hybridized carbons (Fsp3) is 0.385. The summed E-state index contributed by atoms with van der Waals surface area (Å²) in [5, 5.41) is 8.01. The molecule has 0 aliphatic heterocycles. The van der Waals surface area contributed by atoms with Gasteiger partial charge in [0.2, 0.25) is 0 Å². The van der Waals surface area contributed by atoms with Gasteiger partial charge < -0.3 is 10.3 Å². The lowest BCUT2D eigenvalue weighted by Crippen LogP contribution is -2.13. The molecule has 0 saturated carbocycles. The molecule has 102 valence electrons. The Bertz CT molecular complexity index is 578. The van der Waals surface area contributed by atoms with Crippen molar-refractivity contribution in [2.75, 3.05) is 0 Å². The smallest absolute Gasteiger partial charge is 0.164 e. The predicted molar refractivity (Wildman–Crippen MR) is 68.1 cm³/mol. The third-order valence-electron chi connectivity index (χ3n) is 2.74. The van der Waals surface area contributed by atoms with Crippen molar-refractivity contribution < 1.29 is 8.78 Å². The first-order chi connectivity index (χ1) is 9.02. The van der Waals surface area contributed by atoms with Gasteiger partial charge >= 0.3 is 0 Å². The maximum absolute atomic E-state index is 13.3. The molecule has 0 bridgehead atoms. The van der Waals surface area contributed by atoms with E-state index in [1.807, 2.05) is 4.57 Å². The van der Waals surface area contributed by atoms with Crippen molar-refractivity contribution >= 4 is 0 Å². The fourth-order valence-electron chi connectivity index (χ4n) is 1.89. The normalized spacial score (nSPS) is 11.3. The summed E-state index contributed by atoms with van der Waals surface area (Å²) in [5.74, 6) is -0.268. The van der Waals surface area contributed by atoms with Gasteiger partial charge in [0, 0.05) is 12.1 Å². The number of benzene rings is 1. The van der Waals surface area contributed by atoms with Gasteiger partial charge in [0.25, 0.3) is 0 Å². The summed E-state index contributed by atoms with van der Waals surface area (Å²) in [6, 6.07) is 3.69. The minimum absolute atomic E-state index is 0.253. The number of aromatic nitrogens is 3. The molecule has 0 amide bonds. The van der Waals surface area contributed by atoms with Gasteiger partial charge in [0.15, 0.2) is 17.5 Å². The summed E-state index contributed by atoms with van der Waals surface area (Å²) >= 11 is 0. The van der Waals surface area contributed by atoms with E-state index >= 15 is 0 Å². The first kappa shape index (κ1) is 13.6. The van der Waals surface area contributed by atoms with Crippen molar-refractivity contribution in [3.05, 3.63) is 35.7 Å². The molecule has 1 aromatic heterocycles. The van der Waals surface area contributed by atoms with Crippen LogP contribution < -0.4 is 5.73 Å². The zero-order chi connectivity index (χ0) is 14.0. The van der Waals surface area contributed by atoms with Crippen LogP contribution in [0.2, 0.25) is 0 Å². The van der Waals surface area contributed by atoms with Gasteiger partial charge in [-0.25, -0.2) is 8.78 Å². The van der Waals surface area contributed by atoms with Gasteiger partial charge in [0.05, 0.1) is 6.54 Å². The highest BCUT2D eigenvalue weighted by atomic mass is 19.2. The number of nitrogens with two attached hydrogens (primary N) is 1. The van der Waals surface area contributed by atoms with E-state index in [1.54, 1.807) is 0 Å². The SMILES string of the molecule is CC(C)Cn1c(CN)nnc1-c1ccc(F)c(F)c1. The van der Waals surface area contributed by atoms with E-state index in [0.29, 0.717) is 29.7 Å². The van der Waals surface area contributed by atoms with Gasteiger partial charge in [-0.3, -0.25) is 0 Å². The van der Waals surface area contributed by atoms with Crippen molar-refractivity contribution in [2.45, 2.75) is 26.9 Å². The van der Waals surface area contributed by atoms with E-state index in [9.17, 15) is 8.78 Å². The average molecular weight is 266 g/mol. The Morgan fingerprint density at radius 2 is 1.95 bits per heavy atom. The lowest BCUT2D eigenvalue weighted by atomic mass is 10.1. The Balaban J connectivity index is 2.48. The summed E-state index contributed by atoms with van der Waals surface area (Å²) in [6.07, 6.45) is 0. The molecule has 0 radical (unpaired) electrons.